The van der Waals surface area contributed by atoms with Gasteiger partial charge in [-0.1, -0.05) is 11.3 Å². The summed E-state index contributed by atoms with van der Waals surface area (Å²) < 4.78 is 10.7. The molecule has 0 saturated heterocycles. The van der Waals surface area contributed by atoms with Gasteiger partial charge in [-0.05, 0) is 48.5 Å². The van der Waals surface area contributed by atoms with E-state index in [1.807, 2.05) is 0 Å². The van der Waals surface area contributed by atoms with Crippen LogP contribution in [0.15, 0.2) is 59.0 Å². The number of methoxy groups -OCH3 is 1. The van der Waals surface area contributed by atoms with Crippen LogP contribution in [0.5, 0.6) is 5.75 Å². The molecule has 156 valence electrons. The fourth-order valence-electron chi connectivity index (χ4n) is 2.71. The first-order chi connectivity index (χ1) is 14.9. The Morgan fingerprint density at radius 2 is 1.84 bits per heavy atom. The molecule has 0 aliphatic rings. The lowest BCUT2D eigenvalue weighted by Gasteiger charge is -2.03. The van der Waals surface area contributed by atoms with Crippen LogP contribution in [-0.4, -0.2) is 28.8 Å². The Balaban J connectivity index is 1.47. The van der Waals surface area contributed by atoms with Gasteiger partial charge in [-0.3, -0.25) is 25.0 Å². The molecule has 4 rings (SSSR count). The van der Waals surface area contributed by atoms with E-state index in [0.29, 0.717) is 27.6 Å². The number of aromatic nitrogens is 1. The van der Waals surface area contributed by atoms with Crippen molar-refractivity contribution in [2.45, 2.75) is 0 Å². The fourth-order valence-corrected chi connectivity index (χ4v) is 3.61. The normalized spacial score (nSPS) is 10.6. The quantitative estimate of drug-likeness (QED) is 0.338. The molecule has 0 aliphatic heterocycles. The molecule has 0 bridgehead atoms. The summed E-state index contributed by atoms with van der Waals surface area (Å²) in [5, 5.41) is 16.4. The maximum Gasteiger partial charge on any atom is 0.433 e. The Kier molecular flexibility index (Phi) is 5.33. The zero-order valence-corrected chi connectivity index (χ0v) is 16.8. The molecule has 0 fully saturated rings. The van der Waals surface area contributed by atoms with Crippen molar-refractivity contribution in [3.8, 4) is 5.75 Å². The number of benzene rings is 2. The van der Waals surface area contributed by atoms with Crippen molar-refractivity contribution in [2.75, 3.05) is 17.7 Å². The Hall–Kier alpha value is -4.25. The van der Waals surface area contributed by atoms with Crippen molar-refractivity contribution < 1.29 is 23.7 Å². The standard InChI is InChI=1S/C20H14N4O6S/c1-29-13-5-2-11(3-6-13)18(25)23-20-22-14-7-4-12(10-16(14)31-20)21-19(26)15-8-9-17(30-15)24(27)28/h2-10H,1H3,(H,21,26)(H,22,23,25). The third-order valence-corrected chi connectivity index (χ3v) is 5.15. The maximum atomic E-state index is 12.4. The highest BCUT2D eigenvalue weighted by Crippen LogP contribution is 2.29. The molecule has 2 heterocycles. The van der Waals surface area contributed by atoms with Gasteiger partial charge in [0.25, 0.3) is 11.8 Å². The van der Waals surface area contributed by atoms with Crippen LogP contribution in [0.25, 0.3) is 10.2 Å². The topological polar surface area (TPSA) is 137 Å². The second-order valence-corrected chi connectivity index (χ2v) is 7.26. The zero-order chi connectivity index (χ0) is 22.0. The molecule has 0 aliphatic carbocycles. The number of rotatable bonds is 6. The zero-order valence-electron chi connectivity index (χ0n) is 15.9. The predicted molar refractivity (Wildman–Crippen MR) is 114 cm³/mol. The molecular formula is C20H14N4O6S. The van der Waals surface area contributed by atoms with Crippen LogP contribution >= 0.6 is 11.3 Å². The lowest BCUT2D eigenvalue weighted by molar-refractivity contribution is -0.402. The number of nitro groups is 1. The van der Waals surface area contributed by atoms with E-state index in [4.69, 9.17) is 9.15 Å². The monoisotopic (exact) mass is 438 g/mol. The minimum atomic E-state index is -0.720. The first kappa shape index (κ1) is 20.0. The number of nitrogens with zero attached hydrogens (tertiary/aromatic N) is 2. The number of thiazole rings is 1. The van der Waals surface area contributed by atoms with Crippen molar-refractivity contribution in [1.29, 1.82) is 0 Å². The highest BCUT2D eigenvalue weighted by Gasteiger charge is 2.18. The number of hydrogen-bond donors (Lipinski definition) is 2. The molecule has 0 saturated carbocycles. The third-order valence-electron chi connectivity index (χ3n) is 4.21. The van der Waals surface area contributed by atoms with Crippen molar-refractivity contribution in [2.24, 2.45) is 0 Å². The molecule has 31 heavy (non-hydrogen) atoms. The summed E-state index contributed by atoms with van der Waals surface area (Å²) in [6.07, 6.45) is 0. The van der Waals surface area contributed by atoms with Crippen LogP contribution in [-0.2, 0) is 0 Å². The number of carbonyl (C=O) groups excluding carboxylic acids is 2. The van der Waals surface area contributed by atoms with Gasteiger partial charge >= 0.3 is 5.88 Å². The average Bonchev–Trinajstić information content (AvgIpc) is 3.40. The lowest BCUT2D eigenvalue weighted by Crippen LogP contribution is -2.11. The fraction of sp³-hybridized carbons (Fsp3) is 0.0500. The summed E-state index contributed by atoms with van der Waals surface area (Å²) in [6.45, 7) is 0. The second-order valence-electron chi connectivity index (χ2n) is 6.23. The summed E-state index contributed by atoms with van der Waals surface area (Å²) in [4.78, 5) is 39.0. The number of fused-ring (bicyclic) bond motifs is 1. The summed E-state index contributed by atoms with van der Waals surface area (Å²) in [7, 11) is 1.55. The van der Waals surface area contributed by atoms with Crippen LogP contribution in [0.4, 0.5) is 16.7 Å². The molecule has 11 heteroatoms. The van der Waals surface area contributed by atoms with E-state index in [-0.39, 0.29) is 11.7 Å². The van der Waals surface area contributed by atoms with E-state index in [1.165, 1.54) is 17.4 Å². The number of ether oxygens (including phenoxy) is 1. The Bertz CT molecular complexity index is 1290. The van der Waals surface area contributed by atoms with Gasteiger partial charge in [0, 0.05) is 11.3 Å². The highest BCUT2D eigenvalue weighted by atomic mass is 32.1. The first-order valence-electron chi connectivity index (χ1n) is 8.84. The molecule has 0 unspecified atom stereocenters. The summed E-state index contributed by atoms with van der Waals surface area (Å²) >= 11 is 1.24. The van der Waals surface area contributed by atoms with Crippen molar-refractivity contribution in [1.82, 2.24) is 4.98 Å². The Morgan fingerprint density at radius 3 is 2.52 bits per heavy atom. The van der Waals surface area contributed by atoms with Gasteiger partial charge in [-0.2, -0.15) is 0 Å². The van der Waals surface area contributed by atoms with Crippen LogP contribution < -0.4 is 15.4 Å². The molecule has 0 atom stereocenters. The van der Waals surface area contributed by atoms with Crippen molar-refractivity contribution in [3.05, 3.63) is 76.0 Å². The van der Waals surface area contributed by atoms with Gasteiger partial charge < -0.3 is 14.5 Å². The Morgan fingerprint density at radius 1 is 1.06 bits per heavy atom. The number of furan rings is 1. The van der Waals surface area contributed by atoms with Gasteiger partial charge in [0.2, 0.25) is 0 Å². The summed E-state index contributed by atoms with van der Waals surface area (Å²) in [5.41, 5.74) is 1.55. The molecule has 0 spiro atoms. The van der Waals surface area contributed by atoms with Gasteiger partial charge in [0.05, 0.1) is 23.4 Å². The third kappa shape index (κ3) is 4.36. The summed E-state index contributed by atoms with van der Waals surface area (Å²) in [6, 6.07) is 14.0. The van der Waals surface area contributed by atoms with Crippen LogP contribution in [0, 0.1) is 10.1 Å². The molecular weight excluding hydrogens is 424 g/mol. The van der Waals surface area contributed by atoms with Gasteiger partial charge in [0.15, 0.2) is 10.9 Å². The number of hydrogen-bond acceptors (Lipinski definition) is 8. The van der Waals surface area contributed by atoms with E-state index in [0.717, 1.165) is 10.8 Å². The lowest BCUT2D eigenvalue weighted by atomic mass is 10.2. The van der Waals surface area contributed by atoms with Crippen molar-refractivity contribution in [3.63, 3.8) is 0 Å². The molecule has 2 aromatic carbocycles. The van der Waals surface area contributed by atoms with E-state index in [2.05, 4.69) is 15.6 Å². The van der Waals surface area contributed by atoms with E-state index < -0.39 is 16.7 Å². The van der Waals surface area contributed by atoms with E-state index in [1.54, 1.807) is 49.6 Å². The van der Waals surface area contributed by atoms with Crippen molar-refractivity contribution >= 4 is 50.1 Å². The summed E-state index contributed by atoms with van der Waals surface area (Å²) in [5.74, 6) is -0.973. The van der Waals surface area contributed by atoms with E-state index >= 15 is 0 Å². The van der Waals surface area contributed by atoms with Crippen LogP contribution in [0.2, 0.25) is 0 Å². The SMILES string of the molecule is COc1ccc(C(=O)Nc2nc3ccc(NC(=O)c4ccc([N+](=O)[O-])o4)cc3s2)cc1. The minimum Gasteiger partial charge on any atom is -0.497 e. The molecule has 2 N–H and O–H groups in total. The van der Waals surface area contributed by atoms with Crippen LogP contribution in [0.1, 0.15) is 20.9 Å². The van der Waals surface area contributed by atoms with Gasteiger partial charge in [-0.15, -0.1) is 0 Å². The van der Waals surface area contributed by atoms with Gasteiger partial charge in [0.1, 0.15) is 10.7 Å². The molecule has 2 amide bonds. The number of amides is 2. The number of nitrogens with one attached hydrogen (secondary N) is 2. The number of anilines is 2. The second kappa shape index (κ2) is 8.24. The average molecular weight is 438 g/mol. The van der Waals surface area contributed by atoms with E-state index in [9.17, 15) is 19.7 Å². The van der Waals surface area contributed by atoms with Gasteiger partial charge in [-0.25, -0.2) is 4.98 Å². The molecule has 0 radical (unpaired) electrons. The predicted octanol–water partition coefficient (Wildman–Crippen LogP) is 4.31. The molecule has 2 aromatic heterocycles. The smallest absolute Gasteiger partial charge is 0.433 e. The minimum absolute atomic E-state index is 0.177. The van der Waals surface area contributed by atoms with Crippen LogP contribution in [0.3, 0.4) is 0 Å². The maximum absolute atomic E-state index is 12.4. The highest BCUT2D eigenvalue weighted by molar-refractivity contribution is 7.22. The molecule has 10 nitrogen and oxygen atoms in total. The first-order valence-corrected chi connectivity index (χ1v) is 9.66. The number of carbonyl (C=O) groups is 2. The Labute approximate surface area is 178 Å². The molecule has 4 aromatic rings. The largest absolute Gasteiger partial charge is 0.497 e.